The highest BCUT2D eigenvalue weighted by Crippen LogP contribution is 2.33. The van der Waals surface area contributed by atoms with Crippen LogP contribution in [-0.4, -0.2) is 65.6 Å². The Hall–Kier alpha value is -2.28. The number of likely N-dealkylation sites (tertiary alicyclic amines) is 2. The summed E-state index contributed by atoms with van der Waals surface area (Å²) in [5, 5.41) is 10.5. The fraction of sp³-hybridized carbons (Fsp3) is 0.462. The second kappa shape index (κ2) is 11.0. The molecular weight excluding hydrogens is 475 g/mol. The molecule has 0 radical (unpaired) electrons. The summed E-state index contributed by atoms with van der Waals surface area (Å²) < 4.78 is 6.21. The van der Waals surface area contributed by atoms with Gasteiger partial charge in [0.15, 0.2) is 0 Å². The molecule has 0 atom stereocenters. The fourth-order valence-electron chi connectivity index (χ4n) is 4.86. The molecule has 182 valence electrons. The molecule has 0 unspecified atom stereocenters. The molecule has 2 aliphatic heterocycles. The van der Waals surface area contributed by atoms with Crippen LogP contribution in [-0.2, 0) is 0 Å². The lowest BCUT2D eigenvalue weighted by Crippen LogP contribution is -2.44. The van der Waals surface area contributed by atoms with Crippen LogP contribution in [0, 0.1) is 12.8 Å². The Kier molecular flexibility index (Phi) is 8.02. The Morgan fingerprint density at radius 2 is 1.62 bits per heavy atom. The van der Waals surface area contributed by atoms with Crippen molar-refractivity contribution < 1.29 is 19.4 Å². The molecule has 2 aromatic carbocycles. The third-order valence-electron chi connectivity index (χ3n) is 6.92. The molecule has 8 heteroatoms. The SMILES string of the molecule is Cc1c(OC2CCN(CC3CCN(C(=O)c4ccccc4C(=O)O)CC3)CC2)ccc(Cl)c1Cl. The van der Waals surface area contributed by atoms with Crippen LogP contribution in [0.4, 0.5) is 0 Å². The van der Waals surface area contributed by atoms with E-state index >= 15 is 0 Å². The van der Waals surface area contributed by atoms with Crippen LogP contribution in [0.15, 0.2) is 36.4 Å². The molecule has 2 saturated heterocycles. The van der Waals surface area contributed by atoms with E-state index in [0.717, 1.165) is 56.6 Å². The predicted molar refractivity (Wildman–Crippen MR) is 133 cm³/mol. The van der Waals surface area contributed by atoms with Crippen LogP contribution < -0.4 is 4.74 Å². The number of piperidine rings is 2. The Bertz CT molecular complexity index is 1050. The Morgan fingerprint density at radius 1 is 0.971 bits per heavy atom. The van der Waals surface area contributed by atoms with Gasteiger partial charge in [0.1, 0.15) is 11.9 Å². The standard InChI is InChI=1S/C26H30Cl2N2O4/c1-17-23(7-6-22(27)24(17)28)34-19-10-12-29(13-11-19)16-18-8-14-30(15-9-18)25(31)20-4-2-3-5-21(20)26(32)33/h2-7,18-19H,8-16H2,1H3,(H,32,33). The topological polar surface area (TPSA) is 70.1 Å². The van der Waals surface area contributed by atoms with Crippen LogP contribution in [0.5, 0.6) is 5.75 Å². The summed E-state index contributed by atoms with van der Waals surface area (Å²) in [4.78, 5) is 28.6. The quantitative estimate of drug-likeness (QED) is 0.570. The Balaban J connectivity index is 1.23. The molecule has 0 spiro atoms. The number of amides is 1. The van der Waals surface area contributed by atoms with Crippen LogP contribution in [0.25, 0.3) is 0 Å². The molecule has 4 rings (SSSR count). The van der Waals surface area contributed by atoms with Gasteiger partial charge in [-0.05, 0) is 62.8 Å². The highest BCUT2D eigenvalue weighted by atomic mass is 35.5. The van der Waals surface area contributed by atoms with Gasteiger partial charge in [-0.1, -0.05) is 35.3 Å². The molecule has 2 fully saturated rings. The van der Waals surface area contributed by atoms with Crippen LogP contribution in [0.3, 0.4) is 0 Å². The molecular formula is C26H30Cl2N2O4. The first-order valence-corrected chi connectivity index (χ1v) is 12.5. The zero-order valence-electron chi connectivity index (χ0n) is 19.3. The molecule has 1 amide bonds. The van der Waals surface area contributed by atoms with Crippen molar-refractivity contribution in [1.82, 2.24) is 9.80 Å². The summed E-state index contributed by atoms with van der Waals surface area (Å²) >= 11 is 12.3. The average molecular weight is 505 g/mol. The number of ether oxygens (including phenoxy) is 1. The third-order valence-corrected chi connectivity index (χ3v) is 7.82. The second-order valence-corrected chi connectivity index (χ2v) is 9.97. The Labute approximate surface area is 210 Å². The third kappa shape index (κ3) is 5.68. The average Bonchev–Trinajstić information content (AvgIpc) is 2.85. The number of rotatable bonds is 6. The number of carbonyl (C=O) groups excluding carboxylic acids is 1. The van der Waals surface area contributed by atoms with E-state index < -0.39 is 5.97 Å². The molecule has 1 N–H and O–H groups in total. The summed E-state index contributed by atoms with van der Waals surface area (Å²) in [5.41, 5.74) is 1.22. The highest BCUT2D eigenvalue weighted by Gasteiger charge is 2.29. The zero-order chi connectivity index (χ0) is 24.2. The molecule has 6 nitrogen and oxygen atoms in total. The molecule has 2 heterocycles. The van der Waals surface area contributed by atoms with Gasteiger partial charge in [0.05, 0.1) is 21.2 Å². The van der Waals surface area contributed by atoms with E-state index in [4.69, 9.17) is 27.9 Å². The van der Waals surface area contributed by atoms with Crippen LogP contribution in [0.1, 0.15) is 52.0 Å². The van der Waals surface area contributed by atoms with Crippen molar-refractivity contribution in [3.8, 4) is 5.75 Å². The summed E-state index contributed by atoms with van der Waals surface area (Å²) in [6.07, 6.45) is 3.95. The lowest BCUT2D eigenvalue weighted by molar-refractivity contribution is 0.0593. The van der Waals surface area contributed by atoms with Gasteiger partial charge in [0, 0.05) is 38.3 Å². The monoisotopic (exact) mass is 504 g/mol. The van der Waals surface area contributed by atoms with E-state index in [1.54, 1.807) is 29.2 Å². The number of aromatic carboxylic acids is 1. The van der Waals surface area contributed by atoms with Gasteiger partial charge in [0.2, 0.25) is 0 Å². The van der Waals surface area contributed by atoms with Gasteiger partial charge in [-0.15, -0.1) is 0 Å². The van der Waals surface area contributed by atoms with Crippen molar-refractivity contribution >= 4 is 35.1 Å². The van der Waals surface area contributed by atoms with Gasteiger partial charge in [-0.3, -0.25) is 4.79 Å². The number of hydrogen-bond donors (Lipinski definition) is 1. The number of hydrogen-bond acceptors (Lipinski definition) is 4. The Morgan fingerprint density at radius 3 is 2.26 bits per heavy atom. The molecule has 0 saturated carbocycles. The summed E-state index contributed by atoms with van der Waals surface area (Å²) in [6, 6.07) is 10.1. The minimum atomic E-state index is -1.07. The van der Waals surface area contributed by atoms with Crippen molar-refractivity contribution in [3.05, 3.63) is 63.1 Å². The molecule has 0 bridgehead atoms. The fourth-order valence-corrected chi connectivity index (χ4v) is 5.22. The second-order valence-electron chi connectivity index (χ2n) is 9.19. The molecule has 2 aromatic rings. The van der Waals surface area contributed by atoms with Gasteiger partial charge < -0.3 is 19.6 Å². The first kappa shape index (κ1) is 24.8. The lowest BCUT2D eigenvalue weighted by atomic mass is 9.94. The van der Waals surface area contributed by atoms with Gasteiger partial charge >= 0.3 is 5.97 Å². The minimum Gasteiger partial charge on any atom is -0.490 e. The lowest BCUT2D eigenvalue weighted by Gasteiger charge is -2.38. The number of carboxylic acids is 1. The van der Waals surface area contributed by atoms with E-state index in [1.807, 2.05) is 13.0 Å². The number of carbonyl (C=O) groups is 2. The minimum absolute atomic E-state index is 0.0655. The van der Waals surface area contributed by atoms with Crippen LogP contribution >= 0.6 is 23.2 Å². The summed E-state index contributed by atoms with van der Waals surface area (Å²) in [5.74, 6) is 0.0791. The zero-order valence-corrected chi connectivity index (χ0v) is 20.8. The van der Waals surface area contributed by atoms with Gasteiger partial charge in [0.25, 0.3) is 5.91 Å². The highest BCUT2D eigenvalue weighted by molar-refractivity contribution is 6.42. The number of halogens is 2. The van der Waals surface area contributed by atoms with Crippen molar-refractivity contribution in [3.63, 3.8) is 0 Å². The first-order valence-electron chi connectivity index (χ1n) is 11.8. The van der Waals surface area contributed by atoms with Crippen molar-refractivity contribution in [2.45, 2.75) is 38.7 Å². The van der Waals surface area contributed by atoms with Gasteiger partial charge in [-0.2, -0.15) is 0 Å². The normalized spacial score (nSPS) is 18.1. The van der Waals surface area contributed by atoms with Crippen molar-refractivity contribution in [2.24, 2.45) is 5.92 Å². The van der Waals surface area contributed by atoms with E-state index in [0.29, 0.717) is 29.1 Å². The maximum atomic E-state index is 12.9. The van der Waals surface area contributed by atoms with E-state index in [9.17, 15) is 14.7 Å². The predicted octanol–water partition coefficient (Wildman–Crippen LogP) is 5.40. The van der Waals surface area contributed by atoms with Crippen molar-refractivity contribution in [1.29, 1.82) is 0 Å². The van der Waals surface area contributed by atoms with E-state index in [2.05, 4.69) is 4.90 Å². The van der Waals surface area contributed by atoms with Crippen molar-refractivity contribution in [2.75, 3.05) is 32.7 Å². The molecule has 2 aliphatic rings. The van der Waals surface area contributed by atoms with E-state index in [1.165, 1.54) is 6.07 Å². The van der Waals surface area contributed by atoms with Crippen LogP contribution in [0.2, 0.25) is 10.0 Å². The number of benzene rings is 2. The molecule has 0 aromatic heterocycles. The summed E-state index contributed by atoms with van der Waals surface area (Å²) in [7, 11) is 0. The van der Waals surface area contributed by atoms with E-state index in [-0.39, 0.29) is 23.1 Å². The maximum Gasteiger partial charge on any atom is 0.336 e. The summed E-state index contributed by atoms with van der Waals surface area (Å²) in [6.45, 7) is 6.23. The molecule has 0 aliphatic carbocycles. The van der Waals surface area contributed by atoms with Gasteiger partial charge in [-0.25, -0.2) is 4.79 Å². The number of nitrogens with zero attached hydrogens (tertiary/aromatic N) is 2. The first-order chi connectivity index (χ1) is 16.3. The molecule has 34 heavy (non-hydrogen) atoms. The smallest absolute Gasteiger partial charge is 0.336 e. The number of carboxylic acid groups (broad SMARTS) is 1. The maximum absolute atomic E-state index is 12.9. The largest absolute Gasteiger partial charge is 0.490 e.